The van der Waals surface area contributed by atoms with Gasteiger partial charge in [-0.2, -0.15) is 0 Å². The van der Waals surface area contributed by atoms with E-state index >= 15 is 0 Å². The van der Waals surface area contributed by atoms with Crippen LogP contribution in [0.3, 0.4) is 0 Å². The molecule has 0 aromatic heterocycles. The summed E-state index contributed by atoms with van der Waals surface area (Å²) in [4.78, 5) is 2.53. The van der Waals surface area contributed by atoms with Gasteiger partial charge in [-0.3, -0.25) is 0 Å². The lowest BCUT2D eigenvalue weighted by Gasteiger charge is -2.32. The smallest absolute Gasteiger partial charge is 0.0543 e. The summed E-state index contributed by atoms with van der Waals surface area (Å²) in [6, 6.07) is 50.3. The molecule has 0 radical (unpaired) electrons. The minimum atomic E-state index is -0.00419. The first-order valence-corrected chi connectivity index (χ1v) is 18.3. The quantitative estimate of drug-likeness (QED) is 0.175. The van der Waals surface area contributed by atoms with Crippen LogP contribution >= 0.6 is 0 Å². The first kappa shape index (κ1) is 32.9. The van der Waals surface area contributed by atoms with Crippen LogP contribution in [0.1, 0.15) is 96.3 Å². The van der Waals surface area contributed by atoms with E-state index < -0.39 is 0 Å². The number of fused-ring (bicyclic) bond motifs is 1. The summed E-state index contributed by atoms with van der Waals surface area (Å²) in [6.45, 7) is 13.8. The molecule has 49 heavy (non-hydrogen) atoms. The van der Waals surface area contributed by atoms with Crippen LogP contribution in [0, 0.1) is 0 Å². The van der Waals surface area contributed by atoms with E-state index in [0.29, 0.717) is 5.92 Å². The number of nitrogens with zero attached hydrogens (tertiary/aromatic N) is 1. The maximum Gasteiger partial charge on any atom is 0.0543 e. The monoisotopic (exact) mass is 641 g/mol. The van der Waals surface area contributed by atoms with Crippen molar-refractivity contribution in [3.05, 3.63) is 150 Å². The number of hydrogen-bond acceptors (Lipinski definition) is 1. The molecule has 0 unspecified atom stereocenters. The number of anilines is 3. The van der Waals surface area contributed by atoms with Gasteiger partial charge < -0.3 is 4.90 Å². The van der Waals surface area contributed by atoms with Crippen LogP contribution in [0.25, 0.3) is 33.0 Å². The van der Waals surface area contributed by atoms with Crippen LogP contribution in [0.15, 0.2) is 133 Å². The zero-order valence-corrected chi connectivity index (χ0v) is 30.3. The molecule has 1 nitrogen and oxygen atoms in total. The second-order valence-electron chi connectivity index (χ2n) is 16.1. The average Bonchev–Trinajstić information content (AvgIpc) is 3.12. The summed E-state index contributed by atoms with van der Waals surface area (Å²) in [5.41, 5.74) is 12.8. The molecule has 1 heteroatoms. The van der Waals surface area contributed by atoms with Gasteiger partial charge in [-0.15, -0.1) is 0 Å². The first-order chi connectivity index (χ1) is 23.6. The highest BCUT2D eigenvalue weighted by atomic mass is 15.1. The van der Waals surface area contributed by atoms with E-state index in [9.17, 15) is 0 Å². The Morgan fingerprint density at radius 2 is 1.10 bits per heavy atom. The van der Waals surface area contributed by atoms with Gasteiger partial charge in [0.25, 0.3) is 0 Å². The number of para-hydroxylation sites is 1. The number of rotatable bonds is 6. The summed E-state index contributed by atoms with van der Waals surface area (Å²) in [5, 5.41) is 2.75. The molecule has 6 aromatic rings. The van der Waals surface area contributed by atoms with Gasteiger partial charge in [0.2, 0.25) is 0 Å². The SMILES string of the molecule is CC(C)(C)c1ccc(N(c2cc(C(C)(C)C)ccc2-c2ccccc2)c2ccccc2-c2cccc3cccc(C4CCCCC4)c23)cc1. The van der Waals surface area contributed by atoms with Crippen LogP contribution in [0.5, 0.6) is 0 Å². The van der Waals surface area contributed by atoms with Crippen molar-refractivity contribution in [1.29, 1.82) is 0 Å². The molecule has 7 rings (SSSR count). The Bertz CT molecular complexity index is 2040. The van der Waals surface area contributed by atoms with Crippen LogP contribution in [0.4, 0.5) is 17.1 Å². The Kier molecular flexibility index (Phi) is 8.97. The highest BCUT2D eigenvalue weighted by molar-refractivity contribution is 6.04. The molecule has 0 saturated heterocycles. The lowest BCUT2D eigenvalue weighted by Crippen LogP contribution is -2.17. The van der Waals surface area contributed by atoms with Crippen molar-refractivity contribution in [1.82, 2.24) is 0 Å². The summed E-state index contributed by atoms with van der Waals surface area (Å²) in [5.74, 6) is 0.611. The second-order valence-corrected chi connectivity index (χ2v) is 16.1. The Balaban J connectivity index is 1.52. The zero-order chi connectivity index (χ0) is 34.2. The molecular weight excluding hydrogens is 591 g/mol. The number of hydrogen-bond donors (Lipinski definition) is 0. The summed E-state index contributed by atoms with van der Waals surface area (Å²) in [7, 11) is 0. The van der Waals surface area contributed by atoms with Gasteiger partial charge in [0.15, 0.2) is 0 Å². The third-order valence-corrected chi connectivity index (χ3v) is 10.6. The molecule has 0 spiro atoms. The fourth-order valence-corrected chi connectivity index (χ4v) is 7.81. The molecule has 6 aromatic carbocycles. The van der Waals surface area contributed by atoms with Crippen molar-refractivity contribution in [2.45, 2.75) is 90.4 Å². The zero-order valence-electron chi connectivity index (χ0n) is 30.3. The minimum absolute atomic E-state index is 0.00419. The molecule has 0 heterocycles. The standard InChI is InChI=1S/C48H51N/c1-47(2,3)37-27-30-39(31-28-37)49(45-33-38(48(4,5)6)29-32-40(45)34-17-9-7-10-18-34)44-26-14-13-23-42(44)43-25-16-22-36-21-15-24-41(46(36)43)35-19-11-8-12-20-35/h7,9-10,13-18,21-33,35H,8,11-12,19-20H2,1-6H3. The van der Waals surface area contributed by atoms with E-state index in [2.05, 4.69) is 180 Å². The van der Waals surface area contributed by atoms with Crippen LogP contribution in [-0.4, -0.2) is 0 Å². The van der Waals surface area contributed by atoms with Crippen molar-refractivity contribution >= 4 is 27.8 Å². The van der Waals surface area contributed by atoms with Gasteiger partial charge in [-0.1, -0.05) is 170 Å². The maximum atomic E-state index is 2.53. The topological polar surface area (TPSA) is 3.24 Å². The molecule has 1 aliphatic rings. The first-order valence-electron chi connectivity index (χ1n) is 18.3. The van der Waals surface area contributed by atoms with Gasteiger partial charge in [-0.05, 0) is 92.4 Å². The Labute approximate surface area is 294 Å². The predicted octanol–water partition coefficient (Wildman–Crippen LogP) is 14.3. The van der Waals surface area contributed by atoms with Crippen molar-refractivity contribution < 1.29 is 0 Å². The van der Waals surface area contributed by atoms with Gasteiger partial charge >= 0.3 is 0 Å². The van der Waals surface area contributed by atoms with E-state index in [-0.39, 0.29) is 10.8 Å². The van der Waals surface area contributed by atoms with Gasteiger partial charge in [-0.25, -0.2) is 0 Å². The fraction of sp³-hybridized carbons (Fsp3) is 0.292. The summed E-state index contributed by atoms with van der Waals surface area (Å²) < 4.78 is 0. The van der Waals surface area contributed by atoms with Crippen molar-refractivity contribution in [2.24, 2.45) is 0 Å². The van der Waals surface area contributed by atoms with Crippen LogP contribution in [-0.2, 0) is 10.8 Å². The fourth-order valence-electron chi connectivity index (χ4n) is 7.81. The predicted molar refractivity (Wildman–Crippen MR) is 213 cm³/mol. The molecule has 1 saturated carbocycles. The maximum absolute atomic E-state index is 2.53. The van der Waals surface area contributed by atoms with Gasteiger partial charge in [0, 0.05) is 16.8 Å². The third kappa shape index (κ3) is 6.69. The summed E-state index contributed by atoms with van der Waals surface area (Å²) >= 11 is 0. The minimum Gasteiger partial charge on any atom is -0.309 e. The molecule has 0 aliphatic heterocycles. The molecule has 0 atom stereocenters. The van der Waals surface area contributed by atoms with Crippen molar-refractivity contribution in [3.8, 4) is 22.3 Å². The van der Waals surface area contributed by atoms with E-state index in [1.165, 1.54) is 93.2 Å². The van der Waals surface area contributed by atoms with Crippen LogP contribution in [0.2, 0.25) is 0 Å². The van der Waals surface area contributed by atoms with Crippen LogP contribution < -0.4 is 4.90 Å². The van der Waals surface area contributed by atoms with E-state index in [4.69, 9.17) is 0 Å². The molecular formula is C48H51N. The average molecular weight is 642 g/mol. The third-order valence-electron chi connectivity index (χ3n) is 10.6. The molecule has 1 aliphatic carbocycles. The van der Waals surface area contributed by atoms with E-state index in [1.807, 2.05) is 0 Å². The molecule has 0 N–H and O–H groups in total. The highest BCUT2D eigenvalue weighted by Crippen LogP contribution is 2.48. The normalized spacial score (nSPS) is 14.2. The molecule has 1 fully saturated rings. The lowest BCUT2D eigenvalue weighted by atomic mass is 9.80. The Morgan fingerprint density at radius 1 is 0.490 bits per heavy atom. The molecule has 0 bridgehead atoms. The lowest BCUT2D eigenvalue weighted by molar-refractivity contribution is 0.445. The van der Waals surface area contributed by atoms with Crippen molar-refractivity contribution in [2.75, 3.05) is 4.90 Å². The van der Waals surface area contributed by atoms with Crippen molar-refractivity contribution in [3.63, 3.8) is 0 Å². The Hall–Kier alpha value is -4.62. The number of benzene rings is 6. The van der Waals surface area contributed by atoms with Gasteiger partial charge in [0.1, 0.15) is 0 Å². The van der Waals surface area contributed by atoms with E-state index in [1.54, 1.807) is 0 Å². The van der Waals surface area contributed by atoms with E-state index in [0.717, 1.165) is 5.69 Å². The van der Waals surface area contributed by atoms with Gasteiger partial charge in [0.05, 0.1) is 11.4 Å². The Morgan fingerprint density at radius 3 is 1.80 bits per heavy atom. The molecule has 0 amide bonds. The summed E-state index contributed by atoms with van der Waals surface area (Å²) in [6.07, 6.45) is 6.56. The highest BCUT2D eigenvalue weighted by Gasteiger charge is 2.26. The second kappa shape index (κ2) is 13.4. The molecule has 248 valence electrons. The largest absolute Gasteiger partial charge is 0.309 e.